The summed E-state index contributed by atoms with van der Waals surface area (Å²) in [5.74, 6) is -1.01. The lowest BCUT2D eigenvalue weighted by atomic mass is 10.2. The van der Waals surface area contributed by atoms with Gasteiger partial charge in [0.25, 0.3) is 10.0 Å². The van der Waals surface area contributed by atoms with Gasteiger partial charge < -0.3 is 10.4 Å². The molecule has 0 saturated heterocycles. The van der Waals surface area contributed by atoms with E-state index in [1.54, 1.807) is 6.92 Å². The minimum atomic E-state index is -3.70. The van der Waals surface area contributed by atoms with Crippen LogP contribution in [0, 0.1) is 0 Å². The van der Waals surface area contributed by atoms with Crippen LogP contribution in [0.1, 0.15) is 13.3 Å². The molecule has 0 spiro atoms. The van der Waals surface area contributed by atoms with E-state index in [1.165, 1.54) is 6.07 Å². The van der Waals surface area contributed by atoms with Crippen molar-refractivity contribution in [3.8, 4) is 0 Å². The zero-order valence-corrected chi connectivity index (χ0v) is 12.1. The van der Waals surface area contributed by atoms with Crippen LogP contribution in [0.2, 0.25) is 4.34 Å². The van der Waals surface area contributed by atoms with Crippen LogP contribution in [0.15, 0.2) is 15.3 Å². The Bertz CT molecular complexity index is 652. The van der Waals surface area contributed by atoms with Gasteiger partial charge in [0.1, 0.15) is 0 Å². The molecule has 1 atom stereocenters. The van der Waals surface area contributed by atoms with Crippen LogP contribution in [0.5, 0.6) is 0 Å². The smallest absolute Gasteiger partial charge is 0.305 e. The molecule has 2 heterocycles. The number of anilines is 1. The van der Waals surface area contributed by atoms with E-state index < -0.39 is 22.0 Å². The van der Waals surface area contributed by atoms with Gasteiger partial charge in [-0.3, -0.25) is 4.79 Å². The molecular weight excluding hydrogens is 314 g/mol. The second kappa shape index (κ2) is 4.99. The molecule has 0 amide bonds. The third-order valence-electron chi connectivity index (χ3n) is 2.22. The van der Waals surface area contributed by atoms with Gasteiger partial charge in [-0.2, -0.15) is 0 Å². The number of halogens is 1. The van der Waals surface area contributed by atoms with E-state index in [4.69, 9.17) is 16.7 Å². The lowest BCUT2D eigenvalue weighted by Gasteiger charge is -2.19. The number of nitrogens with one attached hydrogen (secondary N) is 2. The standard InChI is InChI=1S/C9H10ClN3O4S2/c1-4(2-7(14)15)11-9-12-5-3-6(10)18-8(5)19(16,17)13-9/h3-4H,2H2,1H3,(H,14,15)(H2,11,12,13). The van der Waals surface area contributed by atoms with Crippen molar-refractivity contribution in [2.24, 2.45) is 4.99 Å². The zero-order valence-electron chi connectivity index (χ0n) is 9.68. The molecule has 0 aromatic carbocycles. The summed E-state index contributed by atoms with van der Waals surface area (Å²) in [5.41, 5.74) is 0.343. The molecule has 0 bridgehead atoms. The fourth-order valence-corrected chi connectivity index (χ4v) is 4.27. The normalized spacial score (nSPS) is 20.2. The Labute approximate surface area is 118 Å². The van der Waals surface area contributed by atoms with Crippen LogP contribution in [0.3, 0.4) is 0 Å². The van der Waals surface area contributed by atoms with Gasteiger partial charge in [-0.1, -0.05) is 11.6 Å². The van der Waals surface area contributed by atoms with E-state index in [0.29, 0.717) is 10.0 Å². The number of sulfonamides is 1. The molecular formula is C9H10ClN3O4S2. The number of fused-ring (bicyclic) bond motifs is 1. The van der Waals surface area contributed by atoms with Gasteiger partial charge in [-0.25, -0.2) is 18.1 Å². The van der Waals surface area contributed by atoms with Crippen molar-refractivity contribution in [1.29, 1.82) is 0 Å². The average molecular weight is 324 g/mol. The molecule has 0 fully saturated rings. The highest BCUT2D eigenvalue weighted by Crippen LogP contribution is 2.36. The molecule has 0 radical (unpaired) electrons. The predicted octanol–water partition coefficient (Wildman–Crippen LogP) is 1.32. The fraction of sp³-hybridized carbons (Fsp3) is 0.333. The summed E-state index contributed by atoms with van der Waals surface area (Å²) in [5, 5.41) is 11.4. The topological polar surface area (TPSA) is 108 Å². The summed E-state index contributed by atoms with van der Waals surface area (Å²) in [6.45, 7) is 1.58. The first-order valence-electron chi connectivity index (χ1n) is 5.16. The average Bonchev–Trinajstić information content (AvgIpc) is 2.57. The maximum absolute atomic E-state index is 11.9. The summed E-state index contributed by atoms with van der Waals surface area (Å²) in [6, 6.07) is 0.926. The largest absolute Gasteiger partial charge is 0.481 e. The molecule has 1 aromatic heterocycles. The molecule has 1 aromatic rings. The number of thiophene rings is 1. The molecule has 104 valence electrons. The van der Waals surface area contributed by atoms with Crippen LogP contribution < -0.4 is 10.0 Å². The highest BCUT2D eigenvalue weighted by Gasteiger charge is 2.29. The number of rotatable bonds is 3. The van der Waals surface area contributed by atoms with E-state index in [0.717, 1.165) is 11.3 Å². The third kappa shape index (κ3) is 3.17. The number of guanidine groups is 1. The first-order chi connectivity index (χ1) is 8.78. The van der Waals surface area contributed by atoms with Gasteiger partial charge in [-0.15, -0.1) is 11.3 Å². The number of aliphatic carboxylic acids is 1. The Morgan fingerprint density at radius 3 is 2.95 bits per heavy atom. The van der Waals surface area contributed by atoms with Crippen molar-refractivity contribution in [1.82, 2.24) is 4.72 Å². The first-order valence-corrected chi connectivity index (χ1v) is 7.84. The van der Waals surface area contributed by atoms with Crippen LogP contribution in [0.25, 0.3) is 0 Å². The summed E-state index contributed by atoms with van der Waals surface area (Å²) in [6.07, 6.45) is -0.190. The van der Waals surface area contributed by atoms with E-state index in [2.05, 4.69) is 15.0 Å². The first kappa shape index (κ1) is 14.1. The van der Waals surface area contributed by atoms with Gasteiger partial charge in [0.15, 0.2) is 4.21 Å². The van der Waals surface area contributed by atoms with Gasteiger partial charge in [0.2, 0.25) is 5.96 Å². The summed E-state index contributed by atoms with van der Waals surface area (Å²) in [4.78, 5) is 14.5. The number of carboxylic acid groups (broad SMARTS) is 1. The molecule has 1 aliphatic rings. The lowest BCUT2D eigenvalue weighted by Crippen LogP contribution is -2.40. The van der Waals surface area contributed by atoms with Crippen LogP contribution in [-0.2, 0) is 14.8 Å². The third-order valence-corrected chi connectivity index (χ3v) is 5.35. The molecule has 7 nitrogen and oxygen atoms in total. The predicted molar refractivity (Wildman–Crippen MR) is 72.4 cm³/mol. The van der Waals surface area contributed by atoms with Gasteiger partial charge in [0.05, 0.1) is 22.5 Å². The summed E-state index contributed by atoms with van der Waals surface area (Å²) < 4.78 is 26.5. The Hall–Kier alpha value is -1.32. The second-order valence-corrected chi connectivity index (χ2v) is 7.47. The van der Waals surface area contributed by atoms with Crippen molar-refractivity contribution in [3.63, 3.8) is 0 Å². The Kier molecular flexibility index (Phi) is 3.70. The molecule has 3 N–H and O–H groups in total. The Balaban J connectivity index is 2.29. The highest BCUT2D eigenvalue weighted by molar-refractivity contribution is 7.92. The summed E-state index contributed by atoms with van der Waals surface area (Å²) >= 11 is 6.70. The number of nitrogens with zero attached hydrogens (tertiary/aromatic N) is 1. The number of carboxylic acids is 1. The van der Waals surface area contributed by atoms with Gasteiger partial charge >= 0.3 is 5.97 Å². The maximum atomic E-state index is 11.9. The van der Waals surface area contributed by atoms with E-state index in [-0.39, 0.29) is 16.6 Å². The quantitative estimate of drug-likeness (QED) is 0.777. The Morgan fingerprint density at radius 1 is 1.63 bits per heavy atom. The second-order valence-electron chi connectivity index (χ2n) is 3.91. The minimum Gasteiger partial charge on any atom is -0.481 e. The van der Waals surface area contributed by atoms with Crippen molar-refractivity contribution >= 4 is 50.6 Å². The monoisotopic (exact) mass is 323 g/mol. The molecule has 0 aliphatic carbocycles. The number of carbonyl (C=O) groups is 1. The molecule has 2 rings (SSSR count). The molecule has 1 aliphatic heterocycles. The van der Waals surface area contributed by atoms with Crippen molar-refractivity contribution in [3.05, 3.63) is 10.4 Å². The highest BCUT2D eigenvalue weighted by atomic mass is 35.5. The number of hydrogen-bond acceptors (Lipinski definition) is 5. The van der Waals surface area contributed by atoms with E-state index >= 15 is 0 Å². The van der Waals surface area contributed by atoms with Gasteiger partial charge in [-0.05, 0) is 13.0 Å². The lowest BCUT2D eigenvalue weighted by molar-refractivity contribution is -0.137. The van der Waals surface area contributed by atoms with Crippen LogP contribution in [-0.4, -0.2) is 31.5 Å². The molecule has 0 saturated carbocycles. The van der Waals surface area contributed by atoms with Crippen LogP contribution >= 0.6 is 22.9 Å². The fourth-order valence-electron chi connectivity index (χ4n) is 1.54. The minimum absolute atomic E-state index is 0.00397. The van der Waals surface area contributed by atoms with Crippen LogP contribution in [0.4, 0.5) is 5.69 Å². The zero-order chi connectivity index (χ0) is 14.2. The van der Waals surface area contributed by atoms with E-state index in [9.17, 15) is 13.2 Å². The SMILES string of the molecule is CC(CC(=O)O)N=C1Nc2cc(Cl)sc2S(=O)(=O)N1. The Morgan fingerprint density at radius 2 is 2.32 bits per heavy atom. The maximum Gasteiger partial charge on any atom is 0.305 e. The van der Waals surface area contributed by atoms with Crippen molar-refractivity contribution in [2.45, 2.75) is 23.6 Å². The summed E-state index contributed by atoms with van der Waals surface area (Å²) in [7, 11) is -3.70. The molecule has 1 unspecified atom stereocenters. The molecule has 10 heteroatoms. The number of hydrogen-bond donors (Lipinski definition) is 3. The molecule has 19 heavy (non-hydrogen) atoms. The van der Waals surface area contributed by atoms with Crippen molar-refractivity contribution < 1.29 is 18.3 Å². The van der Waals surface area contributed by atoms with Gasteiger partial charge in [0, 0.05) is 0 Å². The number of aliphatic imine (C=N–C) groups is 1. The van der Waals surface area contributed by atoms with Crippen molar-refractivity contribution in [2.75, 3.05) is 5.32 Å². The van der Waals surface area contributed by atoms with E-state index in [1.807, 2.05) is 0 Å².